The highest BCUT2D eigenvalue weighted by atomic mass is 16.8. The fourth-order valence-electron chi connectivity index (χ4n) is 18.7. The number of nitrogens with one attached hydrogen (secondary N) is 4. The van der Waals surface area contributed by atoms with Crippen molar-refractivity contribution in [3.63, 3.8) is 0 Å². The molecule has 12 rings (SSSR count). The molecule has 37 N–H and O–H groups in total. The zero-order valence-electron chi connectivity index (χ0n) is 77.2. The summed E-state index contributed by atoms with van der Waals surface area (Å²) in [5, 5.41) is 380. The van der Waals surface area contributed by atoms with Gasteiger partial charge >= 0.3 is 0 Å². The standard InChI is InChI=1S/C80H134N4O60/c1-17-37(98)49(110)54(115)73(124-17)122-16-32-63(45(106)33(69(121)125-32)81-18(2)94)136-70-34(82-19(3)95)46(107)62(28(12-91)132-70)139-78-59(120)66(142-80-68(53(114)41(102)25(9-88)131-80)144-72-36(84-21(5)97)48(109)61(30(14-93)134-72)138-77-58(119)65(43(104)27(11-90)129-77)141-75-56(117)51(112)39(100)23(7-86)127-75)44(105)31(135-78)15-123-79-67(52(113)40(101)24(8-87)130-79)143-71-35(83-20(4)96)47(108)60(29(13-92)133-71)137-76-57(118)64(42(103)26(10-89)128-76)140-74-55(116)50(111)38(99)22(6-85)126-74/h17,22-80,85-93,98-121H,6-16H2,1-5H3,(H,81,94)(H,82,95)(H,83,96)(H,84,97)/t17-,22-,23-,24-,25-,26-,27-,28-,29-,30-,31-,32-,33-,34-,35-,36-,37+,38+,39+,40-,41-,42+,43+,44-,45-,46-,47-,48-,49+,50+,51+,52+,53+,54-,55-,56-,57-,58-,59+,60-,61-,62-,63-,64+,65+,66+,67+,68+,69-,70+,71+,72+,73+,74-,75-,76+,77+,78+,79+,80-/m1/s1. The fourth-order valence-corrected chi connectivity index (χ4v) is 18.7. The molecule has 144 heavy (non-hydrogen) atoms. The number of carbonyl (C=O) groups excluding carboxylic acids is 4. The molecule has 0 bridgehead atoms. The molecule has 0 aliphatic carbocycles. The molecule has 0 saturated carbocycles. The highest BCUT2D eigenvalue weighted by molar-refractivity contribution is 5.74. The summed E-state index contributed by atoms with van der Waals surface area (Å²) in [5.41, 5.74) is 0. The van der Waals surface area contributed by atoms with Crippen LogP contribution < -0.4 is 21.3 Å². The van der Waals surface area contributed by atoms with Crippen LogP contribution in [0.3, 0.4) is 0 Å². The number of aliphatic hydroxyl groups is 33. The Labute approximate surface area is 814 Å². The first-order chi connectivity index (χ1) is 68.1. The number of rotatable bonds is 37. The van der Waals surface area contributed by atoms with Crippen LogP contribution in [0.4, 0.5) is 0 Å². The van der Waals surface area contributed by atoms with E-state index in [-0.39, 0.29) is 0 Å². The van der Waals surface area contributed by atoms with E-state index < -0.39 is 465 Å². The fraction of sp³-hybridized carbons (Fsp3) is 0.950. The summed E-state index contributed by atoms with van der Waals surface area (Å²) in [4.78, 5) is 52.5. The molecule has 12 fully saturated rings. The van der Waals surface area contributed by atoms with Gasteiger partial charge in [0.1, 0.15) is 287 Å². The topological polar surface area (TPSA) is 996 Å². The van der Waals surface area contributed by atoms with E-state index in [4.69, 9.17) is 109 Å². The van der Waals surface area contributed by atoms with Gasteiger partial charge in [-0.2, -0.15) is 0 Å². The van der Waals surface area contributed by atoms with Gasteiger partial charge < -0.3 is 299 Å². The van der Waals surface area contributed by atoms with E-state index in [0.29, 0.717) is 0 Å². The maximum absolute atomic E-state index is 13.4. The van der Waals surface area contributed by atoms with Crippen molar-refractivity contribution in [1.82, 2.24) is 21.3 Å². The Morgan fingerprint density at radius 2 is 0.424 bits per heavy atom. The normalized spacial score (nSPS) is 50.4. The molecule has 12 aliphatic heterocycles. The summed E-state index contributed by atoms with van der Waals surface area (Å²) in [6, 6.07) is -8.05. The van der Waals surface area contributed by atoms with Gasteiger partial charge in [-0.25, -0.2) is 0 Å². The molecule has 0 aromatic carbocycles. The second kappa shape index (κ2) is 51.6. The smallest absolute Gasteiger partial charge is 0.217 e. The van der Waals surface area contributed by atoms with Crippen LogP contribution >= 0.6 is 0 Å². The molecule has 0 unspecified atom stereocenters. The summed E-state index contributed by atoms with van der Waals surface area (Å²) in [6.07, 6.45) is -120. The predicted molar refractivity (Wildman–Crippen MR) is 440 cm³/mol. The number of hydrogen-bond acceptors (Lipinski definition) is 60. The Morgan fingerprint density at radius 3 is 0.778 bits per heavy atom. The molecule has 60 atom stereocenters. The lowest BCUT2D eigenvalue weighted by Gasteiger charge is -2.51. The van der Waals surface area contributed by atoms with Gasteiger partial charge in [0.2, 0.25) is 23.6 Å². The number of amides is 4. The van der Waals surface area contributed by atoms with Crippen LogP contribution in [0.5, 0.6) is 0 Å². The Morgan fingerprint density at radius 1 is 0.194 bits per heavy atom. The van der Waals surface area contributed by atoms with Gasteiger partial charge in [0, 0.05) is 27.7 Å². The maximum atomic E-state index is 13.4. The van der Waals surface area contributed by atoms with E-state index in [1.165, 1.54) is 6.92 Å². The molecule has 0 radical (unpaired) electrons. The van der Waals surface area contributed by atoms with Crippen LogP contribution in [0, 0.1) is 0 Å². The molecule has 12 aliphatic rings. The van der Waals surface area contributed by atoms with Gasteiger partial charge in [0.05, 0.1) is 78.8 Å². The number of ether oxygens (including phenoxy) is 23. The lowest BCUT2D eigenvalue weighted by Crippen LogP contribution is -2.71. The monoisotopic (exact) mass is 2110 g/mol. The van der Waals surface area contributed by atoms with Crippen molar-refractivity contribution in [2.24, 2.45) is 0 Å². The van der Waals surface area contributed by atoms with E-state index in [1.807, 2.05) is 0 Å². The predicted octanol–water partition coefficient (Wildman–Crippen LogP) is -25.6. The number of aliphatic hydroxyl groups excluding tert-OH is 33. The highest BCUT2D eigenvalue weighted by Gasteiger charge is 2.64. The maximum Gasteiger partial charge on any atom is 0.217 e. The first kappa shape index (κ1) is 118. The third kappa shape index (κ3) is 25.8. The minimum Gasteiger partial charge on any atom is -0.394 e. The zero-order valence-corrected chi connectivity index (χ0v) is 77.2. The molecular weight excluding hydrogens is 1980 g/mol. The summed E-state index contributed by atoms with van der Waals surface area (Å²) >= 11 is 0. The van der Waals surface area contributed by atoms with Crippen LogP contribution in [-0.4, -0.2) is 633 Å². The zero-order chi connectivity index (χ0) is 106. The molecule has 64 heteroatoms. The largest absolute Gasteiger partial charge is 0.394 e. The number of hydrogen-bond donors (Lipinski definition) is 37. The van der Waals surface area contributed by atoms with Gasteiger partial charge in [0.25, 0.3) is 0 Å². The summed E-state index contributed by atoms with van der Waals surface area (Å²) in [7, 11) is 0. The quantitative estimate of drug-likeness (QED) is 0.0275. The van der Waals surface area contributed by atoms with Gasteiger partial charge in [-0.05, 0) is 6.92 Å². The number of carbonyl (C=O) groups is 4. The molecule has 12 saturated heterocycles. The van der Waals surface area contributed by atoms with Crippen molar-refractivity contribution in [3.05, 3.63) is 0 Å². The molecule has 0 spiro atoms. The first-order valence-corrected chi connectivity index (χ1v) is 46.0. The molecule has 0 aromatic rings. The average molecular weight is 2110 g/mol. The Balaban J connectivity index is 0.856. The van der Waals surface area contributed by atoms with Crippen LogP contribution in [0.1, 0.15) is 34.6 Å². The Bertz CT molecular complexity index is 3980. The average Bonchev–Trinajstić information content (AvgIpc) is 0.754. The van der Waals surface area contributed by atoms with Gasteiger partial charge in [-0.1, -0.05) is 0 Å². The van der Waals surface area contributed by atoms with Crippen molar-refractivity contribution >= 4 is 23.6 Å². The summed E-state index contributed by atoms with van der Waals surface area (Å²) in [6.45, 7) is -7.77. The second-order valence-electron chi connectivity index (χ2n) is 36.6. The Hall–Kier alpha value is -4.36. The molecular formula is C80H134N4O60. The lowest BCUT2D eigenvalue weighted by atomic mass is 9.93. The van der Waals surface area contributed by atoms with Crippen molar-refractivity contribution in [2.45, 2.75) is 403 Å². The molecule has 12 heterocycles. The Kier molecular flexibility index (Phi) is 42.4. The molecule has 64 nitrogen and oxygen atoms in total. The van der Waals surface area contributed by atoms with E-state index >= 15 is 0 Å². The van der Waals surface area contributed by atoms with Gasteiger partial charge in [0.15, 0.2) is 75.5 Å². The SMILES string of the molecule is CC(=O)N[C@@H]1[C@@H](O)[C@H](O[C@@H]2O[C@H](CO)[C@@H](O[C@@H]3O[C@H](CO[C@H]4O[C@H](CO)[C@@H](O)[C@H](O)[C@@H]4O[C@@H]4O[C@H](CO)[C@@H](O[C@@H]5O[C@H](CO)[C@H](O)[C@H](O[C@H]6O[C@H](CO)[C@H](O)[C@H](O)[C@H]6O)[C@H]5O)[C@H](O)[C@H]4NC(C)=O)[C@@H](O)[C@H](O[C@H]4O[C@H](CO)[C@@H](O)[C@H](O)[C@@H]4O[C@@H]4O[C@H](CO)[C@@H](O[C@@H]5O[C@H](CO)[C@H](O)[C@H](O[C@H]6O[C@H](CO)[C@H](O)[C@H](O)[C@H]6O)[C@H]5O)[C@H](O)[C@H]4NC(C)=O)[C@@H]3O)[C@H](O)[C@H]2NC(C)=O)[C@@H](CO[C@H]2O[C@H](C)[C@H](O)[C@H](O)[C@H]2O)O[C@H]1O. The molecule has 0 aromatic heterocycles. The second-order valence-corrected chi connectivity index (χ2v) is 36.6. The summed E-state index contributed by atoms with van der Waals surface area (Å²) < 4.78 is 137. The van der Waals surface area contributed by atoms with Crippen LogP contribution in [-0.2, 0) is 128 Å². The first-order valence-electron chi connectivity index (χ1n) is 46.0. The van der Waals surface area contributed by atoms with Gasteiger partial charge in [-0.15, -0.1) is 0 Å². The third-order valence-electron chi connectivity index (χ3n) is 26.6. The van der Waals surface area contributed by atoms with E-state index in [9.17, 15) is 188 Å². The van der Waals surface area contributed by atoms with Crippen molar-refractivity contribution < 1.29 is 297 Å². The minimum atomic E-state index is -2.71. The highest BCUT2D eigenvalue weighted by Crippen LogP contribution is 2.43. The van der Waals surface area contributed by atoms with E-state index in [2.05, 4.69) is 21.3 Å². The van der Waals surface area contributed by atoms with E-state index in [0.717, 1.165) is 27.7 Å². The third-order valence-corrected chi connectivity index (χ3v) is 26.6. The van der Waals surface area contributed by atoms with Crippen molar-refractivity contribution in [1.29, 1.82) is 0 Å². The molecule has 834 valence electrons. The minimum absolute atomic E-state index is 0.874. The van der Waals surface area contributed by atoms with Crippen LogP contribution in [0.25, 0.3) is 0 Å². The van der Waals surface area contributed by atoms with Crippen molar-refractivity contribution in [2.75, 3.05) is 72.7 Å². The summed E-state index contributed by atoms with van der Waals surface area (Å²) in [5.74, 6) is -3.98. The lowest BCUT2D eigenvalue weighted by molar-refractivity contribution is -0.400. The van der Waals surface area contributed by atoms with Crippen LogP contribution in [0.2, 0.25) is 0 Å². The van der Waals surface area contributed by atoms with Gasteiger partial charge in [-0.3, -0.25) is 19.2 Å². The molecule has 4 amide bonds. The van der Waals surface area contributed by atoms with Crippen molar-refractivity contribution in [3.8, 4) is 0 Å². The van der Waals surface area contributed by atoms with Crippen LogP contribution in [0.15, 0.2) is 0 Å². The van der Waals surface area contributed by atoms with E-state index in [1.54, 1.807) is 0 Å².